The standard InChI is InChI=1S/C9H22NO3P/c1-3-7-10-8-5-4-6-9-14(11,12)13-2/h10H,3-9H2,1-2H3,(H,11,12). The van der Waals surface area contributed by atoms with Crippen LogP contribution in [0.1, 0.15) is 32.6 Å². The van der Waals surface area contributed by atoms with Gasteiger partial charge < -0.3 is 14.7 Å². The zero-order chi connectivity index (χ0) is 10.9. The van der Waals surface area contributed by atoms with Crippen molar-refractivity contribution in [3.63, 3.8) is 0 Å². The Bertz CT molecular complexity index is 175. The van der Waals surface area contributed by atoms with E-state index in [1.165, 1.54) is 7.11 Å². The Morgan fingerprint density at radius 3 is 2.57 bits per heavy atom. The molecule has 0 spiro atoms. The van der Waals surface area contributed by atoms with Gasteiger partial charge >= 0.3 is 7.60 Å². The fourth-order valence-corrected chi connectivity index (χ4v) is 1.94. The molecule has 0 saturated heterocycles. The Morgan fingerprint density at radius 2 is 2.00 bits per heavy atom. The van der Waals surface area contributed by atoms with Gasteiger partial charge in [0.2, 0.25) is 0 Å². The van der Waals surface area contributed by atoms with E-state index in [0.29, 0.717) is 0 Å². The van der Waals surface area contributed by atoms with E-state index in [4.69, 9.17) is 4.89 Å². The lowest BCUT2D eigenvalue weighted by atomic mass is 10.2. The lowest BCUT2D eigenvalue weighted by Gasteiger charge is -2.08. The van der Waals surface area contributed by atoms with Crippen LogP contribution in [0.2, 0.25) is 0 Å². The zero-order valence-electron chi connectivity index (χ0n) is 9.16. The topological polar surface area (TPSA) is 58.6 Å². The Labute approximate surface area is 86.6 Å². The summed E-state index contributed by atoms with van der Waals surface area (Å²) in [5.74, 6) is 0. The van der Waals surface area contributed by atoms with Crippen LogP contribution in [0.15, 0.2) is 0 Å². The first-order chi connectivity index (χ1) is 6.62. The van der Waals surface area contributed by atoms with E-state index in [-0.39, 0.29) is 6.16 Å². The second-order valence-electron chi connectivity index (χ2n) is 3.35. The monoisotopic (exact) mass is 223 g/mol. The van der Waals surface area contributed by atoms with Gasteiger partial charge in [0.1, 0.15) is 0 Å². The van der Waals surface area contributed by atoms with Crippen molar-refractivity contribution in [2.24, 2.45) is 0 Å². The van der Waals surface area contributed by atoms with Crippen LogP contribution in [0.25, 0.3) is 0 Å². The van der Waals surface area contributed by atoms with Gasteiger partial charge in [-0.3, -0.25) is 4.57 Å². The van der Waals surface area contributed by atoms with Crippen LogP contribution < -0.4 is 5.32 Å². The first-order valence-electron chi connectivity index (χ1n) is 5.20. The minimum atomic E-state index is -3.26. The third kappa shape index (κ3) is 8.70. The van der Waals surface area contributed by atoms with Crippen LogP contribution in [0, 0.1) is 0 Å². The van der Waals surface area contributed by atoms with Gasteiger partial charge in [0, 0.05) is 13.3 Å². The highest BCUT2D eigenvalue weighted by atomic mass is 31.2. The molecule has 0 saturated carbocycles. The molecule has 1 atom stereocenters. The summed E-state index contributed by atoms with van der Waals surface area (Å²) in [7, 11) is -1.97. The maximum absolute atomic E-state index is 11.0. The molecule has 4 nitrogen and oxygen atoms in total. The van der Waals surface area contributed by atoms with E-state index >= 15 is 0 Å². The van der Waals surface area contributed by atoms with Crippen LogP contribution in [0.4, 0.5) is 0 Å². The van der Waals surface area contributed by atoms with Crippen molar-refractivity contribution in [3.8, 4) is 0 Å². The van der Waals surface area contributed by atoms with Crippen molar-refractivity contribution >= 4 is 7.60 Å². The second-order valence-corrected chi connectivity index (χ2v) is 5.44. The molecule has 0 aromatic heterocycles. The molecule has 86 valence electrons. The quantitative estimate of drug-likeness (QED) is 0.463. The van der Waals surface area contributed by atoms with E-state index in [2.05, 4.69) is 16.8 Å². The Kier molecular flexibility index (Phi) is 8.49. The van der Waals surface area contributed by atoms with Gasteiger partial charge in [-0.25, -0.2) is 0 Å². The fraction of sp³-hybridized carbons (Fsp3) is 1.00. The van der Waals surface area contributed by atoms with Crippen LogP contribution in [-0.4, -0.2) is 31.3 Å². The van der Waals surface area contributed by atoms with Gasteiger partial charge in [-0.2, -0.15) is 0 Å². The molecule has 5 heteroatoms. The molecule has 1 unspecified atom stereocenters. The van der Waals surface area contributed by atoms with Gasteiger partial charge in [-0.05, 0) is 32.4 Å². The van der Waals surface area contributed by atoms with Crippen molar-refractivity contribution < 1.29 is 14.0 Å². The molecule has 0 aliphatic carbocycles. The van der Waals surface area contributed by atoms with Crippen LogP contribution in [0.5, 0.6) is 0 Å². The molecule has 0 amide bonds. The smallest absolute Gasteiger partial charge is 0.324 e. The van der Waals surface area contributed by atoms with Gasteiger partial charge in [0.25, 0.3) is 0 Å². The maximum atomic E-state index is 11.0. The number of hydrogen-bond acceptors (Lipinski definition) is 3. The molecule has 0 radical (unpaired) electrons. The van der Waals surface area contributed by atoms with Gasteiger partial charge in [0.15, 0.2) is 0 Å². The van der Waals surface area contributed by atoms with E-state index < -0.39 is 7.60 Å². The zero-order valence-corrected chi connectivity index (χ0v) is 10.1. The minimum Gasteiger partial charge on any atom is -0.324 e. The molecular weight excluding hydrogens is 201 g/mol. The molecule has 0 rings (SSSR count). The lowest BCUT2D eigenvalue weighted by Crippen LogP contribution is -2.15. The largest absolute Gasteiger partial charge is 0.327 e. The first kappa shape index (κ1) is 14.1. The van der Waals surface area contributed by atoms with Crippen molar-refractivity contribution in [3.05, 3.63) is 0 Å². The highest BCUT2D eigenvalue weighted by molar-refractivity contribution is 7.52. The van der Waals surface area contributed by atoms with Crippen LogP contribution in [-0.2, 0) is 9.09 Å². The third-order valence-electron chi connectivity index (χ3n) is 2.01. The molecule has 0 fully saturated rings. The molecule has 2 N–H and O–H groups in total. The number of unbranched alkanes of at least 4 members (excludes halogenated alkanes) is 2. The van der Waals surface area contributed by atoms with Crippen molar-refractivity contribution in [2.75, 3.05) is 26.4 Å². The summed E-state index contributed by atoms with van der Waals surface area (Å²) in [5, 5.41) is 3.28. The average Bonchev–Trinajstić information content (AvgIpc) is 2.16. The highest BCUT2D eigenvalue weighted by Crippen LogP contribution is 2.41. The Morgan fingerprint density at radius 1 is 1.29 bits per heavy atom. The molecule has 14 heavy (non-hydrogen) atoms. The summed E-state index contributed by atoms with van der Waals surface area (Å²) in [6.07, 6.45) is 4.22. The fourth-order valence-electron chi connectivity index (χ4n) is 1.13. The molecule has 0 bridgehead atoms. The van der Waals surface area contributed by atoms with Crippen molar-refractivity contribution in [1.29, 1.82) is 0 Å². The number of rotatable bonds is 9. The SMILES string of the molecule is CCCNCCCCCP(=O)(O)OC. The molecular formula is C9H22NO3P. The van der Waals surface area contributed by atoms with E-state index in [0.717, 1.165) is 38.8 Å². The molecule has 0 aromatic rings. The summed E-state index contributed by atoms with van der Waals surface area (Å²) in [5.41, 5.74) is 0. The van der Waals surface area contributed by atoms with E-state index in [1.54, 1.807) is 0 Å². The Balaban J connectivity index is 3.17. The number of nitrogens with one attached hydrogen (secondary N) is 1. The third-order valence-corrected chi connectivity index (χ3v) is 3.46. The molecule has 0 aromatic carbocycles. The summed E-state index contributed by atoms with van der Waals surface area (Å²) in [6.45, 7) is 4.18. The molecule has 0 aliphatic rings. The summed E-state index contributed by atoms with van der Waals surface area (Å²) < 4.78 is 15.5. The normalized spacial score (nSPS) is 15.4. The highest BCUT2D eigenvalue weighted by Gasteiger charge is 2.15. The van der Waals surface area contributed by atoms with E-state index in [1.807, 2.05) is 0 Å². The average molecular weight is 223 g/mol. The molecule has 0 aliphatic heterocycles. The van der Waals surface area contributed by atoms with Crippen molar-refractivity contribution in [2.45, 2.75) is 32.6 Å². The second kappa shape index (κ2) is 8.42. The number of hydrogen-bond donors (Lipinski definition) is 2. The van der Waals surface area contributed by atoms with Gasteiger partial charge in [-0.15, -0.1) is 0 Å². The Hall–Kier alpha value is 0.110. The first-order valence-corrected chi connectivity index (χ1v) is 6.97. The van der Waals surface area contributed by atoms with Crippen LogP contribution >= 0.6 is 7.60 Å². The van der Waals surface area contributed by atoms with Crippen LogP contribution in [0.3, 0.4) is 0 Å². The van der Waals surface area contributed by atoms with E-state index in [9.17, 15) is 4.57 Å². The summed E-state index contributed by atoms with van der Waals surface area (Å²) in [4.78, 5) is 9.08. The van der Waals surface area contributed by atoms with Gasteiger partial charge in [-0.1, -0.05) is 13.3 Å². The predicted octanol–water partition coefficient (Wildman–Crippen LogP) is 1.99. The lowest BCUT2D eigenvalue weighted by molar-refractivity contribution is 0.314. The summed E-state index contributed by atoms with van der Waals surface area (Å²) in [6, 6.07) is 0. The van der Waals surface area contributed by atoms with Crippen molar-refractivity contribution in [1.82, 2.24) is 5.32 Å². The predicted molar refractivity (Wildman–Crippen MR) is 58.7 cm³/mol. The van der Waals surface area contributed by atoms with Gasteiger partial charge in [0.05, 0.1) is 0 Å². The summed E-state index contributed by atoms with van der Waals surface area (Å²) >= 11 is 0. The minimum absolute atomic E-state index is 0.275. The molecule has 0 heterocycles. The maximum Gasteiger partial charge on any atom is 0.327 e.